The minimum atomic E-state index is -0.316. The maximum atomic E-state index is 12.5. The summed E-state index contributed by atoms with van der Waals surface area (Å²) in [6.07, 6.45) is 0.249. The van der Waals surface area contributed by atoms with Crippen molar-refractivity contribution in [3.8, 4) is 0 Å². The lowest BCUT2D eigenvalue weighted by molar-refractivity contribution is -0.121. The molecule has 1 fully saturated rings. The number of amides is 2. The Kier molecular flexibility index (Phi) is 4.50. The number of nitrogens with zero attached hydrogens (tertiary/aromatic N) is 1. The van der Waals surface area contributed by atoms with Gasteiger partial charge in [-0.1, -0.05) is 41.9 Å². The summed E-state index contributed by atoms with van der Waals surface area (Å²) >= 11 is 7.36. The van der Waals surface area contributed by atoms with Crippen LogP contribution in [0.3, 0.4) is 0 Å². The van der Waals surface area contributed by atoms with Gasteiger partial charge in [-0.25, -0.2) is 4.90 Å². The number of halogens is 1. The Morgan fingerprint density at radius 3 is 2.41 bits per heavy atom. The van der Waals surface area contributed by atoms with E-state index in [2.05, 4.69) is 0 Å². The summed E-state index contributed by atoms with van der Waals surface area (Å²) < 4.78 is 0. The summed E-state index contributed by atoms with van der Waals surface area (Å²) in [6, 6.07) is 16.7. The number of rotatable bonds is 4. The highest BCUT2D eigenvalue weighted by molar-refractivity contribution is 7.99. The lowest BCUT2D eigenvalue weighted by Gasteiger charge is -2.15. The molecule has 0 saturated carbocycles. The number of carbonyl (C=O) groups excluding carboxylic acids is 2. The molecular weight excluding hydrogens is 318 g/mol. The first-order chi connectivity index (χ1) is 10.6. The first kappa shape index (κ1) is 15.1. The molecule has 0 N–H and O–H groups in total. The summed E-state index contributed by atoms with van der Waals surface area (Å²) in [5, 5.41) is 0.265. The van der Waals surface area contributed by atoms with Crippen molar-refractivity contribution in [2.45, 2.75) is 17.4 Å². The van der Waals surface area contributed by atoms with Crippen molar-refractivity contribution in [3.05, 3.63) is 65.2 Å². The third-order valence-corrected chi connectivity index (χ3v) is 5.01. The van der Waals surface area contributed by atoms with Gasteiger partial charge in [-0.05, 0) is 29.8 Å². The third kappa shape index (κ3) is 3.18. The van der Waals surface area contributed by atoms with E-state index in [1.54, 1.807) is 24.3 Å². The molecule has 3 rings (SSSR count). The van der Waals surface area contributed by atoms with Crippen LogP contribution in [-0.2, 0) is 15.3 Å². The van der Waals surface area contributed by atoms with Crippen molar-refractivity contribution in [2.24, 2.45) is 0 Å². The van der Waals surface area contributed by atoms with Crippen molar-refractivity contribution in [3.63, 3.8) is 0 Å². The van der Waals surface area contributed by atoms with E-state index in [0.717, 1.165) is 11.3 Å². The highest BCUT2D eigenvalue weighted by Crippen LogP contribution is 2.31. The van der Waals surface area contributed by atoms with E-state index in [9.17, 15) is 9.59 Å². The molecule has 22 heavy (non-hydrogen) atoms. The molecule has 1 heterocycles. The van der Waals surface area contributed by atoms with Gasteiger partial charge in [0.1, 0.15) is 0 Å². The molecule has 2 amide bonds. The second kappa shape index (κ2) is 6.55. The minimum absolute atomic E-state index is 0.145. The number of hydrogen-bond acceptors (Lipinski definition) is 3. The van der Waals surface area contributed by atoms with Crippen molar-refractivity contribution in [1.29, 1.82) is 0 Å². The Morgan fingerprint density at radius 2 is 1.73 bits per heavy atom. The van der Waals surface area contributed by atoms with E-state index in [0.29, 0.717) is 10.7 Å². The maximum absolute atomic E-state index is 12.5. The highest BCUT2D eigenvalue weighted by atomic mass is 35.5. The van der Waals surface area contributed by atoms with Crippen LogP contribution in [0.4, 0.5) is 5.69 Å². The number of carbonyl (C=O) groups is 2. The van der Waals surface area contributed by atoms with Crippen LogP contribution < -0.4 is 4.90 Å². The minimum Gasteiger partial charge on any atom is -0.274 e. The van der Waals surface area contributed by atoms with Crippen molar-refractivity contribution < 1.29 is 9.59 Å². The molecule has 2 aromatic rings. The summed E-state index contributed by atoms with van der Waals surface area (Å²) in [7, 11) is 0. The fourth-order valence-corrected chi connectivity index (χ4v) is 3.59. The van der Waals surface area contributed by atoms with Crippen LogP contribution in [0.5, 0.6) is 0 Å². The van der Waals surface area contributed by atoms with Crippen molar-refractivity contribution in [2.75, 3.05) is 4.90 Å². The van der Waals surface area contributed by atoms with Gasteiger partial charge < -0.3 is 0 Å². The topological polar surface area (TPSA) is 37.4 Å². The molecular formula is C17H14ClNO2S. The standard InChI is InChI=1S/C17H14ClNO2S/c18-13-6-8-14(9-7-13)19-16(20)10-15(17(19)21)22-11-12-4-2-1-3-5-12/h1-9,15H,10-11H2. The smallest absolute Gasteiger partial charge is 0.247 e. The Morgan fingerprint density at radius 1 is 1.05 bits per heavy atom. The molecule has 2 aromatic carbocycles. The van der Waals surface area contributed by atoms with Crippen LogP contribution in [0.15, 0.2) is 54.6 Å². The van der Waals surface area contributed by atoms with Crippen molar-refractivity contribution >= 4 is 40.9 Å². The number of hydrogen-bond donors (Lipinski definition) is 0. The second-order valence-electron chi connectivity index (χ2n) is 5.03. The van der Waals surface area contributed by atoms with Gasteiger partial charge in [-0.15, -0.1) is 11.8 Å². The van der Waals surface area contributed by atoms with Gasteiger partial charge in [0.15, 0.2) is 0 Å². The summed E-state index contributed by atoms with van der Waals surface area (Å²) in [5.41, 5.74) is 1.74. The molecule has 112 valence electrons. The van der Waals surface area contributed by atoms with E-state index >= 15 is 0 Å². The van der Waals surface area contributed by atoms with Gasteiger partial charge >= 0.3 is 0 Å². The molecule has 0 bridgehead atoms. The van der Waals surface area contributed by atoms with Gasteiger partial charge in [0.25, 0.3) is 0 Å². The summed E-state index contributed by atoms with van der Waals surface area (Å²) in [4.78, 5) is 25.9. The number of imide groups is 1. The number of benzene rings is 2. The average molecular weight is 332 g/mol. The average Bonchev–Trinajstić information content (AvgIpc) is 2.82. The molecule has 1 saturated heterocycles. The second-order valence-corrected chi connectivity index (χ2v) is 6.66. The predicted molar refractivity (Wildman–Crippen MR) is 90.1 cm³/mol. The first-order valence-corrected chi connectivity index (χ1v) is 8.36. The molecule has 0 spiro atoms. The van der Waals surface area contributed by atoms with Gasteiger partial charge in [0.2, 0.25) is 11.8 Å². The molecule has 1 atom stereocenters. The highest BCUT2D eigenvalue weighted by Gasteiger charge is 2.39. The fraction of sp³-hybridized carbons (Fsp3) is 0.176. The van der Waals surface area contributed by atoms with Gasteiger partial charge in [0, 0.05) is 17.2 Å². The Bertz CT molecular complexity index is 688. The zero-order valence-corrected chi connectivity index (χ0v) is 13.3. The first-order valence-electron chi connectivity index (χ1n) is 6.93. The molecule has 1 aliphatic heterocycles. The van der Waals surface area contributed by atoms with Gasteiger partial charge in [-0.3, -0.25) is 9.59 Å². The molecule has 0 aliphatic carbocycles. The molecule has 5 heteroatoms. The lowest BCUT2D eigenvalue weighted by Crippen LogP contribution is -2.31. The van der Waals surface area contributed by atoms with Crippen molar-refractivity contribution in [1.82, 2.24) is 0 Å². The Labute approximate surface area is 138 Å². The zero-order chi connectivity index (χ0) is 15.5. The van der Waals surface area contributed by atoms with Crippen LogP contribution in [0.2, 0.25) is 5.02 Å². The third-order valence-electron chi connectivity index (χ3n) is 3.48. The van der Waals surface area contributed by atoms with Crippen LogP contribution >= 0.6 is 23.4 Å². The molecule has 1 unspecified atom stereocenters. The zero-order valence-electron chi connectivity index (χ0n) is 11.7. The number of anilines is 1. The Balaban J connectivity index is 1.70. The SMILES string of the molecule is O=C1CC(SCc2ccccc2)C(=O)N1c1ccc(Cl)cc1. The van der Waals surface area contributed by atoms with Crippen LogP contribution in [0.1, 0.15) is 12.0 Å². The van der Waals surface area contributed by atoms with Gasteiger partial charge in [0.05, 0.1) is 10.9 Å². The van der Waals surface area contributed by atoms with E-state index in [-0.39, 0.29) is 23.5 Å². The molecule has 0 radical (unpaired) electrons. The van der Waals surface area contributed by atoms with E-state index in [1.807, 2.05) is 30.3 Å². The quantitative estimate of drug-likeness (QED) is 0.797. The summed E-state index contributed by atoms with van der Waals surface area (Å²) in [6.45, 7) is 0. The van der Waals surface area contributed by atoms with E-state index in [1.165, 1.54) is 16.7 Å². The largest absolute Gasteiger partial charge is 0.274 e. The predicted octanol–water partition coefficient (Wildman–Crippen LogP) is 3.91. The van der Waals surface area contributed by atoms with E-state index in [4.69, 9.17) is 11.6 Å². The lowest BCUT2D eigenvalue weighted by atomic mass is 10.2. The van der Waals surface area contributed by atoms with Crippen LogP contribution in [0.25, 0.3) is 0 Å². The molecule has 1 aliphatic rings. The van der Waals surface area contributed by atoms with Crippen LogP contribution in [0, 0.1) is 0 Å². The summed E-state index contributed by atoms with van der Waals surface area (Å²) in [5.74, 6) is 0.421. The van der Waals surface area contributed by atoms with Crippen LogP contribution in [-0.4, -0.2) is 17.1 Å². The Hall–Kier alpha value is -1.78. The number of thioether (sulfide) groups is 1. The maximum Gasteiger partial charge on any atom is 0.247 e. The van der Waals surface area contributed by atoms with Gasteiger partial charge in [-0.2, -0.15) is 0 Å². The molecule has 0 aromatic heterocycles. The monoisotopic (exact) mass is 331 g/mol. The molecule has 3 nitrogen and oxygen atoms in total. The normalized spacial score (nSPS) is 18.0. The fourth-order valence-electron chi connectivity index (χ4n) is 2.37. The van der Waals surface area contributed by atoms with E-state index < -0.39 is 0 Å².